The Hall–Kier alpha value is -2.67. The Bertz CT molecular complexity index is 1130. The average molecular weight is 453 g/mol. The first-order valence-corrected chi connectivity index (χ1v) is 12.2. The topological polar surface area (TPSA) is 60.1 Å². The normalized spacial score (nSPS) is 15.3. The molecule has 3 aromatic rings. The van der Waals surface area contributed by atoms with Crippen LogP contribution >= 0.6 is 11.3 Å². The summed E-state index contributed by atoms with van der Waals surface area (Å²) in [6.07, 6.45) is 5.24. The van der Waals surface area contributed by atoms with Crippen molar-refractivity contribution in [2.45, 2.75) is 65.0 Å². The standard InChI is InChI=1S/C25H32N4O2S/c1-5-27-14-15-29(24(27)31)16-22(30)28-12-10-18(11-13-28)21-17-32-23(26-21)19-6-8-20(9-7-19)25(2,3)4/h6-9,14-15,17-18H,5,10-13,16H2,1-4H3. The summed E-state index contributed by atoms with van der Waals surface area (Å²) in [6, 6.07) is 8.72. The number of carbonyl (C=O) groups excluding carboxylic acids is 1. The molecule has 4 rings (SSSR count). The van der Waals surface area contributed by atoms with Gasteiger partial charge in [-0.1, -0.05) is 45.0 Å². The summed E-state index contributed by atoms with van der Waals surface area (Å²) >= 11 is 1.69. The molecule has 1 aromatic carbocycles. The van der Waals surface area contributed by atoms with Crippen molar-refractivity contribution < 1.29 is 4.79 Å². The van der Waals surface area contributed by atoms with Gasteiger partial charge in [-0.15, -0.1) is 11.3 Å². The fourth-order valence-electron chi connectivity index (χ4n) is 4.20. The van der Waals surface area contributed by atoms with Crippen LogP contribution in [0.4, 0.5) is 0 Å². The molecule has 0 N–H and O–H groups in total. The Morgan fingerprint density at radius 1 is 1.09 bits per heavy atom. The zero-order valence-corrected chi connectivity index (χ0v) is 20.2. The number of hydrogen-bond acceptors (Lipinski definition) is 4. The van der Waals surface area contributed by atoms with Crippen molar-refractivity contribution in [3.8, 4) is 10.6 Å². The first-order chi connectivity index (χ1) is 15.3. The number of nitrogens with zero attached hydrogens (tertiary/aromatic N) is 4. The van der Waals surface area contributed by atoms with E-state index in [0.717, 1.165) is 29.1 Å². The monoisotopic (exact) mass is 452 g/mol. The molecule has 0 radical (unpaired) electrons. The van der Waals surface area contributed by atoms with Crippen LogP contribution < -0.4 is 5.69 Å². The van der Waals surface area contributed by atoms with Gasteiger partial charge in [-0.05, 0) is 30.7 Å². The van der Waals surface area contributed by atoms with Crippen LogP contribution in [-0.4, -0.2) is 38.0 Å². The molecule has 1 amide bonds. The number of rotatable bonds is 5. The fourth-order valence-corrected chi connectivity index (χ4v) is 5.11. The second kappa shape index (κ2) is 9.06. The summed E-state index contributed by atoms with van der Waals surface area (Å²) in [6.45, 7) is 10.7. The molecule has 3 heterocycles. The Morgan fingerprint density at radius 3 is 2.34 bits per heavy atom. The first-order valence-electron chi connectivity index (χ1n) is 11.4. The van der Waals surface area contributed by atoms with Crippen LogP contribution in [0.25, 0.3) is 10.6 Å². The lowest BCUT2D eigenvalue weighted by molar-refractivity contribution is -0.132. The van der Waals surface area contributed by atoms with Gasteiger partial charge in [0, 0.05) is 48.9 Å². The number of thiazole rings is 1. The van der Waals surface area contributed by atoms with E-state index in [-0.39, 0.29) is 23.6 Å². The summed E-state index contributed by atoms with van der Waals surface area (Å²) in [5, 5.41) is 3.22. The van der Waals surface area contributed by atoms with E-state index in [1.54, 1.807) is 28.3 Å². The second-order valence-electron chi connectivity index (χ2n) is 9.55. The minimum Gasteiger partial charge on any atom is -0.341 e. The number of amides is 1. The van der Waals surface area contributed by atoms with E-state index < -0.39 is 0 Å². The summed E-state index contributed by atoms with van der Waals surface area (Å²) < 4.78 is 3.10. The zero-order valence-electron chi connectivity index (χ0n) is 19.4. The fraction of sp³-hybridized carbons (Fsp3) is 0.480. The summed E-state index contributed by atoms with van der Waals surface area (Å²) in [5.41, 5.74) is 3.63. The molecule has 2 aromatic heterocycles. The van der Waals surface area contributed by atoms with E-state index in [0.29, 0.717) is 25.6 Å². The van der Waals surface area contributed by atoms with E-state index in [1.165, 1.54) is 10.1 Å². The van der Waals surface area contributed by atoms with Gasteiger partial charge < -0.3 is 4.90 Å². The van der Waals surface area contributed by atoms with E-state index in [1.807, 2.05) is 11.8 Å². The molecular weight excluding hydrogens is 420 g/mol. The number of likely N-dealkylation sites (tertiary alicyclic amines) is 1. The highest BCUT2D eigenvalue weighted by molar-refractivity contribution is 7.13. The first kappa shape index (κ1) is 22.5. The minimum atomic E-state index is -0.124. The Balaban J connectivity index is 1.35. The van der Waals surface area contributed by atoms with Gasteiger partial charge in [-0.25, -0.2) is 9.78 Å². The maximum absolute atomic E-state index is 12.7. The van der Waals surface area contributed by atoms with Crippen molar-refractivity contribution in [3.63, 3.8) is 0 Å². The molecule has 7 heteroatoms. The zero-order chi connectivity index (χ0) is 22.9. The highest BCUT2D eigenvalue weighted by Gasteiger charge is 2.26. The molecule has 1 fully saturated rings. The lowest BCUT2D eigenvalue weighted by Gasteiger charge is -2.31. The molecule has 0 atom stereocenters. The Morgan fingerprint density at radius 2 is 1.75 bits per heavy atom. The van der Waals surface area contributed by atoms with Gasteiger partial charge in [0.1, 0.15) is 11.6 Å². The number of piperidine rings is 1. The quantitative estimate of drug-likeness (QED) is 0.573. The number of aryl methyl sites for hydroxylation is 1. The van der Waals surface area contributed by atoms with Crippen molar-refractivity contribution in [2.24, 2.45) is 0 Å². The molecule has 0 bridgehead atoms. The Kier molecular flexibility index (Phi) is 6.38. The molecule has 1 aliphatic heterocycles. The molecule has 6 nitrogen and oxygen atoms in total. The minimum absolute atomic E-state index is 0.0114. The Labute approximate surface area is 193 Å². The maximum atomic E-state index is 12.7. The molecule has 170 valence electrons. The second-order valence-corrected chi connectivity index (χ2v) is 10.4. The van der Waals surface area contributed by atoms with Gasteiger partial charge in [0.2, 0.25) is 5.91 Å². The smallest absolute Gasteiger partial charge is 0.328 e. The van der Waals surface area contributed by atoms with Gasteiger partial charge in [0.15, 0.2) is 0 Å². The van der Waals surface area contributed by atoms with E-state index in [9.17, 15) is 9.59 Å². The van der Waals surface area contributed by atoms with Crippen LogP contribution in [0.15, 0.2) is 46.8 Å². The van der Waals surface area contributed by atoms with Crippen LogP contribution in [0.5, 0.6) is 0 Å². The van der Waals surface area contributed by atoms with E-state index in [2.05, 4.69) is 50.4 Å². The molecule has 0 aliphatic carbocycles. The molecule has 32 heavy (non-hydrogen) atoms. The summed E-state index contributed by atoms with van der Waals surface area (Å²) in [7, 11) is 0. The number of aromatic nitrogens is 3. The molecule has 0 saturated carbocycles. The van der Waals surface area contributed by atoms with Crippen LogP contribution in [0.3, 0.4) is 0 Å². The largest absolute Gasteiger partial charge is 0.341 e. The van der Waals surface area contributed by atoms with Crippen LogP contribution in [0, 0.1) is 0 Å². The van der Waals surface area contributed by atoms with Crippen molar-refractivity contribution >= 4 is 17.2 Å². The lowest BCUT2D eigenvalue weighted by Crippen LogP contribution is -2.41. The third-order valence-corrected chi connectivity index (χ3v) is 7.26. The third kappa shape index (κ3) is 4.72. The number of benzene rings is 1. The van der Waals surface area contributed by atoms with E-state index in [4.69, 9.17) is 4.98 Å². The molecular formula is C25H32N4O2S. The summed E-state index contributed by atoms with van der Waals surface area (Å²) in [4.78, 5) is 31.7. The van der Waals surface area contributed by atoms with Crippen molar-refractivity contribution in [3.05, 3.63) is 63.8 Å². The molecule has 1 aliphatic rings. The number of hydrogen-bond donors (Lipinski definition) is 0. The molecule has 0 spiro atoms. The molecule has 1 saturated heterocycles. The van der Waals surface area contributed by atoms with Gasteiger partial charge in [0.05, 0.1) is 5.69 Å². The molecule has 0 unspecified atom stereocenters. The van der Waals surface area contributed by atoms with Crippen molar-refractivity contribution in [1.82, 2.24) is 19.0 Å². The van der Waals surface area contributed by atoms with Crippen molar-refractivity contribution in [1.29, 1.82) is 0 Å². The van der Waals surface area contributed by atoms with Gasteiger partial charge in [0.25, 0.3) is 0 Å². The number of imidazole rings is 1. The predicted molar refractivity (Wildman–Crippen MR) is 129 cm³/mol. The SMILES string of the molecule is CCn1ccn(CC(=O)N2CCC(c3csc(-c4ccc(C(C)(C)C)cc4)n3)CC2)c1=O. The van der Waals surface area contributed by atoms with Crippen LogP contribution in [-0.2, 0) is 23.3 Å². The lowest BCUT2D eigenvalue weighted by atomic mass is 9.87. The van der Waals surface area contributed by atoms with Gasteiger partial charge >= 0.3 is 5.69 Å². The van der Waals surface area contributed by atoms with E-state index >= 15 is 0 Å². The van der Waals surface area contributed by atoms with Crippen molar-refractivity contribution in [2.75, 3.05) is 13.1 Å². The highest BCUT2D eigenvalue weighted by Crippen LogP contribution is 2.33. The maximum Gasteiger partial charge on any atom is 0.328 e. The van der Waals surface area contributed by atoms with Crippen LogP contribution in [0.1, 0.15) is 57.7 Å². The van der Waals surface area contributed by atoms with Gasteiger partial charge in [-0.2, -0.15) is 0 Å². The number of carbonyl (C=O) groups is 1. The third-order valence-electron chi connectivity index (χ3n) is 6.35. The van der Waals surface area contributed by atoms with Crippen LogP contribution in [0.2, 0.25) is 0 Å². The highest BCUT2D eigenvalue weighted by atomic mass is 32.1. The predicted octanol–water partition coefficient (Wildman–Crippen LogP) is 4.50. The average Bonchev–Trinajstić information content (AvgIpc) is 3.41. The van der Waals surface area contributed by atoms with Gasteiger partial charge in [-0.3, -0.25) is 13.9 Å². The summed E-state index contributed by atoms with van der Waals surface area (Å²) in [5.74, 6) is 0.388.